The van der Waals surface area contributed by atoms with Crippen LogP contribution in [0.25, 0.3) is 0 Å². The van der Waals surface area contributed by atoms with Crippen LogP contribution in [0.1, 0.15) is 75.3 Å². The average Bonchev–Trinajstić information content (AvgIpc) is 2.64. The van der Waals surface area contributed by atoms with E-state index in [1.54, 1.807) is 0 Å². The fourth-order valence-corrected chi connectivity index (χ4v) is 3.76. The molecule has 1 aromatic rings. The van der Waals surface area contributed by atoms with Crippen LogP contribution in [0.15, 0.2) is 18.2 Å². The maximum absolute atomic E-state index is 9.48. The SMILES string of the molecule is CCCCCCCOc1ccc2c(c1)CCC[C@@H]2CC(N)(CO)CO. The molecule has 4 N–H and O–H groups in total. The van der Waals surface area contributed by atoms with Gasteiger partial charge in [0.1, 0.15) is 5.75 Å². The van der Waals surface area contributed by atoms with Gasteiger partial charge in [0.25, 0.3) is 0 Å². The molecule has 0 heterocycles. The van der Waals surface area contributed by atoms with Gasteiger partial charge in [0.2, 0.25) is 0 Å². The van der Waals surface area contributed by atoms with Crippen LogP contribution in [0.5, 0.6) is 5.75 Å². The molecule has 0 aliphatic heterocycles. The van der Waals surface area contributed by atoms with Crippen molar-refractivity contribution in [1.82, 2.24) is 0 Å². The molecule has 25 heavy (non-hydrogen) atoms. The van der Waals surface area contributed by atoms with Gasteiger partial charge in [-0.15, -0.1) is 0 Å². The lowest BCUT2D eigenvalue weighted by molar-refractivity contribution is 0.107. The van der Waals surface area contributed by atoms with Crippen LogP contribution in [-0.2, 0) is 6.42 Å². The van der Waals surface area contributed by atoms with E-state index in [-0.39, 0.29) is 13.2 Å². The molecule has 0 amide bonds. The predicted octanol–water partition coefficient (Wildman–Crippen LogP) is 3.53. The molecule has 0 aromatic heterocycles. The van der Waals surface area contributed by atoms with Gasteiger partial charge in [0.15, 0.2) is 0 Å². The first kappa shape index (κ1) is 20.2. The summed E-state index contributed by atoms with van der Waals surface area (Å²) < 4.78 is 5.93. The zero-order chi connectivity index (χ0) is 18.1. The Morgan fingerprint density at radius 2 is 1.92 bits per heavy atom. The zero-order valence-corrected chi connectivity index (χ0v) is 15.7. The molecule has 1 aromatic carbocycles. The predicted molar refractivity (Wildman–Crippen MR) is 102 cm³/mol. The minimum absolute atomic E-state index is 0.186. The lowest BCUT2D eigenvalue weighted by atomic mass is 9.76. The van der Waals surface area contributed by atoms with Crippen molar-refractivity contribution in [2.45, 2.75) is 76.2 Å². The van der Waals surface area contributed by atoms with E-state index in [1.807, 2.05) is 0 Å². The molecule has 1 aliphatic carbocycles. The Labute approximate surface area is 152 Å². The van der Waals surface area contributed by atoms with Crippen molar-refractivity contribution in [1.29, 1.82) is 0 Å². The molecule has 4 heteroatoms. The van der Waals surface area contributed by atoms with Crippen molar-refractivity contribution in [3.8, 4) is 5.75 Å². The lowest BCUT2D eigenvalue weighted by Crippen LogP contribution is -2.48. The highest BCUT2D eigenvalue weighted by Gasteiger charge is 2.31. The maximum Gasteiger partial charge on any atom is 0.119 e. The number of rotatable bonds is 11. The summed E-state index contributed by atoms with van der Waals surface area (Å²) in [6, 6.07) is 6.38. The molecule has 0 radical (unpaired) electrons. The fraction of sp³-hybridized carbons (Fsp3) is 0.714. The van der Waals surface area contributed by atoms with Crippen molar-refractivity contribution < 1.29 is 14.9 Å². The van der Waals surface area contributed by atoms with Crippen LogP contribution in [0, 0.1) is 0 Å². The van der Waals surface area contributed by atoms with E-state index >= 15 is 0 Å². The Hall–Kier alpha value is -1.10. The lowest BCUT2D eigenvalue weighted by Gasteiger charge is -2.33. The molecule has 0 spiro atoms. The van der Waals surface area contributed by atoms with Gasteiger partial charge in [-0.2, -0.15) is 0 Å². The van der Waals surface area contributed by atoms with Crippen LogP contribution in [-0.4, -0.2) is 35.6 Å². The second kappa shape index (κ2) is 10.1. The Morgan fingerprint density at radius 3 is 2.64 bits per heavy atom. The van der Waals surface area contributed by atoms with Gasteiger partial charge in [-0.3, -0.25) is 0 Å². The average molecular weight is 350 g/mol. The smallest absolute Gasteiger partial charge is 0.119 e. The molecule has 0 unspecified atom stereocenters. The van der Waals surface area contributed by atoms with Gasteiger partial charge in [-0.25, -0.2) is 0 Å². The summed E-state index contributed by atoms with van der Waals surface area (Å²) in [4.78, 5) is 0. The topological polar surface area (TPSA) is 75.7 Å². The highest BCUT2D eigenvalue weighted by Crippen LogP contribution is 2.38. The number of hydrogen-bond acceptors (Lipinski definition) is 4. The third-order valence-corrected chi connectivity index (χ3v) is 5.35. The van der Waals surface area contributed by atoms with Crippen molar-refractivity contribution in [3.05, 3.63) is 29.3 Å². The Bertz CT molecular complexity index is 514. The second-order valence-corrected chi connectivity index (χ2v) is 7.60. The number of aryl methyl sites for hydroxylation is 1. The summed E-state index contributed by atoms with van der Waals surface area (Å²) in [5, 5.41) is 19.0. The largest absolute Gasteiger partial charge is 0.494 e. The number of nitrogens with two attached hydrogens (primary N) is 1. The van der Waals surface area contributed by atoms with E-state index in [1.165, 1.54) is 36.8 Å². The molecule has 0 fully saturated rings. The standard InChI is InChI=1S/C21H35NO3/c1-2-3-4-5-6-12-25-19-10-11-20-17(13-19)8-7-9-18(20)14-21(22,15-23)16-24/h10-11,13,18,23-24H,2-9,12,14-16,22H2,1H3/t18-/m1/s1. The Morgan fingerprint density at radius 1 is 1.16 bits per heavy atom. The van der Waals surface area contributed by atoms with Crippen LogP contribution < -0.4 is 10.5 Å². The second-order valence-electron chi connectivity index (χ2n) is 7.60. The Kier molecular flexibility index (Phi) is 8.20. The molecule has 0 saturated heterocycles. The maximum atomic E-state index is 9.48. The van der Waals surface area contributed by atoms with E-state index < -0.39 is 5.54 Å². The molecule has 0 bridgehead atoms. The molecule has 1 aliphatic rings. The summed E-state index contributed by atoms with van der Waals surface area (Å²) >= 11 is 0. The van der Waals surface area contributed by atoms with Gasteiger partial charge in [0.05, 0.1) is 25.4 Å². The first-order valence-electron chi connectivity index (χ1n) is 9.88. The minimum atomic E-state index is -0.896. The number of unbranched alkanes of at least 4 members (excludes halogenated alkanes) is 4. The normalized spacial score (nSPS) is 17.4. The molecule has 142 valence electrons. The molecule has 2 rings (SSSR count). The number of hydrogen-bond donors (Lipinski definition) is 3. The number of aliphatic hydroxyl groups is 2. The Balaban J connectivity index is 1.92. The van der Waals surface area contributed by atoms with Gasteiger partial charge in [-0.1, -0.05) is 38.7 Å². The van der Waals surface area contributed by atoms with Gasteiger partial charge in [0, 0.05) is 0 Å². The number of benzene rings is 1. The van der Waals surface area contributed by atoms with Gasteiger partial charge in [-0.05, 0) is 61.3 Å². The van der Waals surface area contributed by atoms with Crippen molar-refractivity contribution in [2.24, 2.45) is 5.73 Å². The van der Waals surface area contributed by atoms with E-state index in [4.69, 9.17) is 10.5 Å². The van der Waals surface area contributed by atoms with Crippen LogP contribution in [0.2, 0.25) is 0 Å². The molecular formula is C21H35NO3. The van der Waals surface area contributed by atoms with Gasteiger partial charge >= 0.3 is 0 Å². The van der Waals surface area contributed by atoms with Crippen molar-refractivity contribution in [2.75, 3.05) is 19.8 Å². The molecular weight excluding hydrogens is 314 g/mol. The summed E-state index contributed by atoms with van der Waals surface area (Å²) in [5.74, 6) is 1.26. The summed E-state index contributed by atoms with van der Waals surface area (Å²) in [6.07, 6.45) is 10.1. The first-order chi connectivity index (χ1) is 12.1. The van der Waals surface area contributed by atoms with Crippen molar-refractivity contribution in [3.63, 3.8) is 0 Å². The molecule has 0 saturated carbocycles. The molecule has 4 nitrogen and oxygen atoms in total. The van der Waals surface area contributed by atoms with Crippen molar-refractivity contribution >= 4 is 0 Å². The third kappa shape index (κ3) is 5.98. The highest BCUT2D eigenvalue weighted by molar-refractivity contribution is 5.39. The summed E-state index contributed by atoms with van der Waals surface area (Å²) in [7, 11) is 0. The van der Waals surface area contributed by atoms with E-state index in [0.717, 1.165) is 38.0 Å². The zero-order valence-electron chi connectivity index (χ0n) is 15.7. The summed E-state index contributed by atoms with van der Waals surface area (Å²) in [5.41, 5.74) is 7.84. The van der Waals surface area contributed by atoms with Crippen LogP contribution >= 0.6 is 0 Å². The molecule has 1 atom stereocenters. The summed E-state index contributed by atoms with van der Waals surface area (Å²) in [6.45, 7) is 2.64. The van der Waals surface area contributed by atoms with E-state index in [9.17, 15) is 10.2 Å². The third-order valence-electron chi connectivity index (χ3n) is 5.35. The number of ether oxygens (including phenoxy) is 1. The van der Waals surface area contributed by atoms with E-state index in [0.29, 0.717) is 12.3 Å². The van der Waals surface area contributed by atoms with Crippen LogP contribution in [0.4, 0.5) is 0 Å². The van der Waals surface area contributed by atoms with Gasteiger partial charge < -0.3 is 20.7 Å². The number of fused-ring (bicyclic) bond motifs is 1. The number of aliphatic hydroxyl groups excluding tert-OH is 2. The van der Waals surface area contributed by atoms with Crippen LogP contribution in [0.3, 0.4) is 0 Å². The highest BCUT2D eigenvalue weighted by atomic mass is 16.5. The minimum Gasteiger partial charge on any atom is -0.494 e. The quantitative estimate of drug-likeness (QED) is 0.534. The monoisotopic (exact) mass is 349 g/mol. The van der Waals surface area contributed by atoms with E-state index in [2.05, 4.69) is 25.1 Å². The fourth-order valence-electron chi connectivity index (χ4n) is 3.76. The first-order valence-corrected chi connectivity index (χ1v) is 9.88.